The molecule has 2 aromatic carbocycles. The monoisotopic (exact) mass is 341 g/mol. The molecule has 0 fully saturated rings. The largest absolute Gasteiger partial charge is 0.399 e. The van der Waals surface area contributed by atoms with Gasteiger partial charge in [-0.25, -0.2) is 0 Å². The highest BCUT2D eigenvalue weighted by Gasteiger charge is 1.96. The molecule has 1 nitrogen and oxygen atoms in total. The van der Waals surface area contributed by atoms with Crippen molar-refractivity contribution in [3.05, 3.63) is 57.7 Å². The molecule has 82 valence electrons. The first kappa shape index (κ1) is 11.8. The van der Waals surface area contributed by atoms with Crippen LogP contribution in [-0.2, 0) is 5.75 Å². The van der Waals surface area contributed by atoms with Crippen molar-refractivity contribution in [1.82, 2.24) is 0 Å². The van der Waals surface area contributed by atoms with Gasteiger partial charge in [-0.2, -0.15) is 0 Å². The Hall–Kier alpha value is -0.680. The van der Waals surface area contributed by atoms with Crippen LogP contribution in [0.3, 0.4) is 0 Å². The molecule has 0 amide bonds. The van der Waals surface area contributed by atoms with Gasteiger partial charge < -0.3 is 5.73 Å². The number of anilines is 1. The highest BCUT2D eigenvalue weighted by atomic mass is 127. The maximum Gasteiger partial charge on any atom is 0.0314 e. The van der Waals surface area contributed by atoms with Crippen molar-refractivity contribution in [1.29, 1.82) is 0 Å². The smallest absolute Gasteiger partial charge is 0.0314 e. The molecule has 0 spiro atoms. The standard InChI is InChI=1S/C13H12INS/c14-11-3-1-10(2-4-11)9-16-13-7-5-12(15)6-8-13/h1-8H,9,15H2. The van der Waals surface area contributed by atoms with Crippen LogP contribution in [0.15, 0.2) is 53.4 Å². The van der Waals surface area contributed by atoms with Gasteiger partial charge in [-0.3, -0.25) is 0 Å². The number of hydrogen-bond acceptors (Lipinski definition) is 2. The number of benzene rings is 2. The average molecular weight is 341 g/mol. The summed E-state index contributed by atoms with van der Waals surface area (Å²) in [6, 6.07) is 16.6. The molecule has 16 heavy (non-hydrogen) atoms. The van der Waals surface area contributed by atoms with Gasteiger partial charge >= 0.3 is 0 Å². The Morgan fingerprint density at radius 3 is 2.19 bits per heavy atom. The first-order chi connectivity index (χ1) is 7.74. The summed E-state index contributed by atoms with van der Waals surface area (Å²) in [5.74, 6) is 1.00. The van der Waals surface area contributed by atoms with Gasteiger partial charge in [-0.1, -0.05) is 12.1 Å². The topological polar surface area (TPSA) is 26.0 Å². The Bertz CT molecular complexity index is 405. The summed E-state index contributed by atoms with van der Waals surface area (Å²) in [6.07, 6.45) is 0. The summed E-state index contributed by atoms with van der Waals surface area (Å²) < 4.78 is 1.28. The third kappa shape index (κ3) is 3.42. The van der Waals surface area contributed by atoms with Crippen LogP contribution in [-0.4, -0.2) is 0 Å². The highest BCUT2D eigenvalue weighted by molar-refractivity contribution is 14.1. The maximum absolute atomic E-state index is 5.64. The summed E-state index contributed by atoms with van der Waals surface area (Å²) in [5, 5.41) is 0. The number of halogens is 1. The second-order valence-corrected chi connectivity index (χ2v) is 5.78. The third-order valence-corrected chi connectivity index (χ3v) is 4.00. The van der Waals surface area contributed by atoms with E-state index < -0.39 is 0 Å². The fourth-order valence-corrected chi connectivity index (χ4v) is 2.53. The summed E-state index contributed by atoms with van der Waals surface area (Å²) >= 11 is 4.15. The van der Waals surface area contributed by atoms with Gasteiger partial charge in [0.25, 0.3) is 0 Å². The van der Waals surface area contributed by atoms with E-state index in [1.807, 2.05) is 23.9 Å². The number of rotatable bonds is 3. The minimum absolute atomic E-state index is 0.818. The maximum atomic E-state index is 5.64. The Morgan fingerprint density at radius 1 is 0.938 bits per heavy atom. The Labute approximate surface area is 114 Å². The predicted octanol–water partition coefficient (Wildman–Crippen LogP) is 4.17. The molecule has 0 atom stereocenters. The number of hydrogen-bond donors (Lipinski definition) is 1. The molecule has 2 aromatic rings. The van der Waals surface area contributed by atoms with E-state index in [4.69, 9.17) is 5.73 Å². The van der Waals surface area contributed by atoms with Gasteiger partial charge in [0.1, 0.15) is 0 Å². The van der Waals surface area contributed by atoms with Crippen molar-refractivity contribution >= 4 is 40.0 Å². The first-order valence-corrected chi connectivity index (χ1v) is 7.03. The van der Waals surface area contributed by atoms with E-state index in [0.717, 1.165) is 11.4 Å². The van der Waals surface area contributed by atoms with E-state index >= 15 is 0 Å². The molecule has 0 aliphatic heterocycles. The lowest BCUT2D eigenvalue weighted by atomic mass is 10.2. The summed E-state index contributed by atoms with van der Waals surface area (Å²) in [7, 11) is 0. The van der Waals surface area contributed by atoms with Crippen LogP contribution in [0.25, 0.3) is 0 Å². The molecule has 2 N–H and O–H groups in total. The quantitative estimate of drug-likeness (QED) is 0.515. The fourth-order valence-electron chi connectivity index (χ4n) is 1.31. The van der Waals surface area contributed by atoms with Crippen LogP contribution in [0.4, 0.5) is 5.69 Å². The molecule has 2 rings (SSSR count). The highest BCUT2D eigenvalue weighted by Crippen LogP contribution is 2.23. The lowest BCUT2D eigenvalue weighted by molar-refractivity contribution is 1.37. The van der Waals surface area contributed by atoms with Gasteiger partial charge in [0.15, 0.2) is 0 Å². The van der Waals surface area contributed by atoms with Crippen molar-refractivity contribution in [2.75, 3.05) is 5.73 Å². The minimum Gasteiger partial charge on any atom is -0.399 e. The van der Waals surface area contributed by atoms with Crippen LogP contribution in [0.1, 0.15) is 5.56 Å². The van der Waals surface area contributed by atoms with Crippen molar-refractivity contribution in [2.45, 2.75) is 10.6 Å². The molecular formula is C13H12INS. The first-order valence-electron chi connectivity index (χ1n) is 4.97. The van der Waals surface area contributed by atoms with Gasteiger partial charge in [-0.05, 0) is 64.6 Å². The predicted molar refractivity (Wildman–Crippen MR) is 79.6 cm³/mol. The van der Waals surface area contributed by atoms with Crippen molar-refractivity contribution in [2.24, 2.45) is 0 Å². The molecule has 0 radical (unpaired) electrons. The molecule has 0 aliphatic rings. The van der Waals surface area contributed by atoms with Crippen LogP contribution >= 0.6 is 34.4 Å². The molecule has 0 aromatic heterocycles. The average Bonchev–Trinajstić information content (AvgIpc) is 2.30. The normalized spacial score (nSPS) is 10.3. The van der Waals surface area contributed by atoms with Gasteiger partial charge in [0.2, 0.25) is 0 Å². The molecule has 0 heterocycles. The molecule has 0 saturated carbocycles. The second-order valence-electron chi connectivity index (χ2n) is 3.48. The third-order valence-electron chi connectivity index (χ3n) is 2.20. The summed E-state index contributed by atoms with van der Waals surface area (Å²) in [4.78, 5) is 1.26. The minimum atomic E-state index is 0.818. The lowest BCUT2D eigenvalue weighted by Crippen LogP contribution is -1.84. The van der Waals surface area contributed by atoms with Crippen LogP contribution < -0.4 is 5.73 Å². The molecule has 3 heteroatoms. The molecular weight excluding hydrogens is 329 g/mol. The number of thioether (sulfide) groups is 1. The second kappa shape index (κ2) is 5.59. The van der Waals surface area contributed by atoms with E-state index in [2.05, 4.69) is 59.0 Å². The lowest BCUT2D eigenvalue weighted by Gasteiger charge is -2.02. The number of nitrogens with two attached hydrogens (primary N) is 1. The van der Waals surface area contributed by atoms with Gasteiger partial charge in [0, 0.05) is 19.9 Å². The fraction of sp³-hybridized carbons (Fsp3) is 0.0769. The summed E-state index contributed by atoms with van der Waals surface area (Å²) in [5.41, 5.74) is 7.81. The van der Waals surface area contributed by atoms with Crippen LogP contribution in [0, 0.1) is 3.57 Å². The van der Waals surface area contributed by atoms with Gasteiger partial charge in [0.05, 0.1) is 0 Å². The zero-order valence-corrected chi connectivity index (χ0v) is 11.7. The van der Waals surface area contributed by atoms with Crippen molar-refractivity contribution < 1.29 is 0 Å². The Balaban J connectivity index is 1.97. The van der Waals surface area contributed by atoms with E-state index in [9.17, 15) is 0 Å². The zero-order chi connectivity index (χ0) is 11.4. The van der Waals surface area contributed by atoms with Crippen LogP contribution in [0.2, 0.25) is 0 Å². The van der Waals surface area contributed by atoms with Crippen molar-refractivity contribution in [3.8, 4) is 0 Å². The SMILES string of the molecule is Nc1ccc(SCc2ccc(I)cc2)cc1. The van der Waals surface area contributed by atoms with E-state index in [1.54, 1.807) is 0 Å². The molecule has 0 bridgehead atoms. The van der Waals surface area contributed by atoms with E-state index in [-0.39, 0.29) is 0 Å². The van der Waals surface area contributed by atoms with Crippen molar-refractivity contribution in [3.63, 3.8) is 0 Å². The van der Waals surface area contributed by atoms with Crippen LogP contribution in [0.5, 0.6) is 0 Å². The summed E-state index contributed by atoms with van der Waals surface area (Å²) in [6.45, 7) is 0. The Kier molecular flexibility index (Phi) is 4.12. The van der Waals surface area contributed by atoms with E-state index in [0.29, 0.717) is 0 Å². The van der Waals surface area contributed by atoms with Gasteiger partial charge in [-0.15, -0.1) is 11.8 Å². The number of nitrogen functional groups attached to an aromatic ring is 1. The molecule has 0 unspecified atom stereocenters. The molecule has 0 aliphatic carbocycles. The van der Waals surface area contributed by atoms with E-state index in [1.165, 1.54) is 14.0 Å². The zero-order valence-electron chi connectivity index (χ0n) is 8.69. The molecule has 0 saturated heterocycles. The Morgan fingerprint density at radius 2 is 1.56 bits per heavy atom.